The van der Waals surface area contributed by atoms with Crippen molar-refractivity contribution in [2.24, 2.45) is 0 Å². The summed E-state index contributed by atoms with van der Waals surface area (Å²) >= 11 is 1.58. The van der Waals surface area contributed by atoms with E-state index in [2.05, 4.69) is 15.3 Å². The Hall–Kier alpha value is -0.770. The van der Waals surface area contributed by atoms with Crippen molar-refractivity contribution in [1.29, 1.82) is 0 Å². The third kappa shape index (κ3) is 2.38. The number of hydrogen-bond donors (Lipinski definition) is 1. The summed E-state index contributed by atoms with van der Waals surface area (Å²) in [6.07, 6.45) is 9.05. The number of rotatable bonds is 3. The Labute approximate surface area is 88.7 Å². The van der Waals surface area contributed by atoms with Gasteiger partial charge < -0.3 is 5.32 Å². The lowest BCUT2D eigenvalue weighted by Gasteiger charge is -2.12. The third-order valence-electron chi connectivity index (χ3n) is 2.52. The van der Waals surface area contributed by atoms with Gasteiger partial charge in [0.2, 0.25) is 0 Å². The fourth-order valence-electron chi connectivity index (χ4n) is 1.80. The smallest absolute Gasteiger partial charge is 0.189 e. The summed E-state index contributed by atoms with van der Waals surface area (Å²) in [7, 11) is 0. The lowest BCUT2D eigenvalue weighted by molar-refractivity contribution is 0.745. The molecule has 0 saturated heterocycles. The monoisotopic (exact) mass is 209 g/mol. The van der Waals surface area contributed by atoms with Crippen LogP contribution in [0, 0.1) is 0 Å². The van der Waals surface area contributed by atoms with Crippen molar-refractivity contribution in [3.63, 3.8) is 0 Å². The molecule has 14 heavy (non-hydrogen) atoms. The van der Waals surface area contributed by atoms with Gasteiger partial charge in [0, 0.05) is 12.2 Å². The van der Waals surface area contributed by atoms with E-state index in [1.54, 1.807) is 11.8 Å². The maximum absolute atomic E-state index is 4.40. The maximum atomic E-state index is 4.40. The van der Waals surface area contributed by atoms with Gasteiger partial charge in [-0.15, -0.1) is 0 Å². The molecule has 0 aromatic carbocycles. The first-order valence-corrected chi connectivity index (χ1v) is 6.24. The van der Waals surface area contributed by atoms with Gasteiger partial charge in [0.25, 0.3) is 0 Å². The van der Waals surface area contributed by atoms with E-state index < -0.39 is 0 Å². The molecule has 0 spiro atoms. The van der Waals surface area contributed by atoms with Crippen LogP contribution in [0.25, 0.3) is 0 Å². The predicted molar refractivity (Wildman–Crippen MR) is 59.7 cm³/mol. The van der Waals surface area contributed by atoms with Gasteiger partial charge in [0.05, 0.1) is 0 Å². The lowest BCUT2D eigenvalue weighted by Crippen LogP contribution is -2.15. The first-order valence-electron chi connectivity index (χ1n) is 5.02. The number of nitrogens with one attached hydrogen (secondary N) is 1. The molecule has 1 aromatic rings. The number of hydrogen-bond acceptors (Lipinski definition) is 4. The highest BCUT2D eigenvalue weighted by Gasteiger charge is 2.14. The van der Waals surface area contributed by atoms with Crippen LogP contribution in [0.2, 0.25) is 0 Å². The largest absolute Gasteiger partial charge is 0.367 e. The van der Waals surface area contributed by atoms with Crippen LogP contribution < -0.4 is 5.32 Å². The molecule has 0 atom stereocenters. The van der Waals surface area contributed by atoms with Gasteiger partial charge in [-0.25, -0.2) is 9.97 Å². The van der Waals surface area contributed by atoms with Crippen molar-refractivity contribution in [3.8, 4) is 0 Å². The van der Waals surface area contributed by atoms with Gasteiger partial charge in [-0.05, 0) is 25.2 Å². The van der Waals surface area contributed by atoms with Crippen molar-refractivity contribution in [1.82, 2.24) is 9.97 Å². The van der Waals surface area contributed by atoms with E-state index in [9.17, 15) is 0 Å². The Kier molecular flexibility index (Phi) is 3.24. The lowest BCUT2D eigenvalue weighted by atomic mass is 10.2. The van der Waals surface area contributed by atoms with Crippen LogP contribution >= 0.6 is 11.8 Å². The summed E-state index contributed by atoms with van der Waals surface area (Å²) in [6, 6.07) is 2.57. The zero-order valence-electron chi connectivity index (χ0n) is 8.36. The molecule has 1 aliphatic carbocycles. The van der Waals surface area contributed by atoms with Crippen LogP contribution in [0.3, 0.4) is 0 Å². The number of nitrogens with zero attached hydrogens (tertiary/aromatic N) is 2. The van der Waals surface area contributed by atoms with Gasteiger partial charge in [0.1, 0.15) is 5.82 Å². The Morgan fingerprint density at radius 3 is 2.93 bits per heavy atom. The van der Waals surface area contributed by atoms with E-state index in [4.69, 9.17) is 0 Å². The molecule has 0 aliphatic heterocycles. The Balaban J connectivity index is 2.00. The molecule has 2 rings (SSSR count). The molecular formula is C10H15N3S. The predicted octanol–water partition coefficient (Wildman–Crippen LogP) is 2.55. The highest BCUT2D eigenvalue weighted by Crippen LogP contribution is 2.21. The van der Waals surface area contributed by atoms with Gasteiger partial charge in [-0.3, -0.25) is 0 Å². The van der Waals surface area contributed by atoms with E-state index in [-0.39, 0.29) is 0 Å². The van der Waals surface area contributed by atoms with Crippen molar-refractivity contribution < 1.29 is 0 Å². The molecule has 0 radical (unpaired) electrons. The summed E-state index contributed by atoms with van der Waals surface area (Å²) in [5.41, 5.74) is 0. The minimum atomic E-state index is 0.625. The molecule has 1 N–H and O–H groups in total. The fraction of sp³-hybridized carbons (Fsp3) is 0.600. The molecule has 76 valence electrons. The van der Waals surface area contributed by atoms with Crippen LogP contribution in [0.5, 0.6) is 0 Å². The van der Waals surface area contributed by atoms with Gasteiger partial charge in [-0.1, -0.05) is 24.6 Å². The van der Waals surface area contributed by atoms with Crippen molar-refractivity contribution in [2.75, 3.05) is 11.6 Å². The normalized spacial score (nSPS) is 17.2. The highest BCUT2D eigenvalue weighted by molar-refractivity contribution is 7.98. The Morgan fingerprint density at radius 2 is 2.21 bits per heavy atom. The average molecular weight is 209 g/mol. The minimum Gasteiger partial charge on any atom is -0.367 e. The number of thioether (sulfide) groups is 1. The molecule has 1 saturated carbocycles. The fourth-order valence-corrected chi connectivity index (χ4v) is 2.15. The molecule has 1 fully saturated rings. The van der Waals surface area contributed by atoms with E-state index in [0.717, 1.165) is 11.0 Å². The zero-order valence-corrected chi connectivity index (χ0v) is 9.18. The Morgan fingerprint density at radius 1 is 1.43 bits per heavy atom. The number of anilines is 1. The molecule has 1 heterocycles. The van der Waals surface area contributed by atoms with Crippen molar-refractivity contribution >= 4 is 17.6 Å². The molecule has 0 amide bonds. The van der Waals surface area contributed by atoms with Crippen LogP contribution in [-0.4, -0.2) is 22.3 Å². The van der Waals surface area contributed by atoms with Crippen LogP contribution in [-0.2, 0) is 0 Å². The summed E-state index contributed by atoms with van der Waals surface area (Å²) in [4.78, 5) is 8.54. The molecule has 4 heteroatoms. The second-order valence-electron chi connectivity index (χ2n) is 3.55. The Bertz CT molecular complexity index is 297. The van der Waals surface area contributed by atoms with Gasteiger partial charge in [0.15, 0.2) is 5.16 Å². The average Bonchev–Trinajstić information content (AvgIpc) is 2.71. The van der Waals surface area contributed by atoms with Gasteiger partial charge in [-0.2, -0.15) is 0 Å². The molecule has 1 aliphatic rings. The SMILES string of the molecule is CSc1nccc(NC2CCCC2)n1. The first-order chi connectivity index (χ1) is 6.88. The summed E-state index contributed by atoms with van der Waals surface area (Å²) in [6.45, 7) is 0. The second-order valence-corrected chi connectivity index (χ2v) is 4.33. The molecule has 0 unspecified atom stereocenters. The summed E-state index contributed by atoms with van der Waals surface area (Å²) < 4.78 is 0. The third-order valence-corrected chi connectivity index (χ3v) is 3.09. The standard InChI is InChI=1S/C10H15N3S/c1-14-10-11-7-6-9(13-10)12-8-4-2-3-5-8/h6-8H,2-5H2,1H3,(H,11,12,13). The first kappa shape index (κ1) is 9.77. The molecular weight excluding hydrogens is 194 g/mol. The van der Waals surface area contributed by atoms with Crippen LogP contribution in [0.1, 0.15) is 25.7 Å². The highest BCUT2D eigenvalue weighted by atomic mass is 32.2. The van der Waals surface area contributed by atoms with E-state index in [1.165, 1.54) is 25.7 Å². The van der Waals surface area contributed by atoms with Crippen LogP contribution in [0.4, 0.5) is 5.82 Å². The quantitative estimate of drug-likeness (QED) is 0.613. The molecule has 3 nitrogen and oxygen atoms in total. The van der Waals surface area contributed by atoms with E-state index in [1.807, 2.05) is 18.5 Å². The molecule has 1 aromatic heterocycles. The van der Waals surface area contributed by atoms with Crippen molar-refractivity contribution in [2.45, 2.75) is 36.9 Å². The maximum Gasteiger partial charge on any atom is 0.189 e. The van der Waals surface area contributed by atoms with Gasteiger partial charge >= 0.3 is 0 Å². The topological polar surface area (TPSA) is 37.8 Å². The summed E-state index contributed by atoms with van der Waals surface area (Å²) in [5, 5.41) is 4.29. The van der Waals surface area contributed by atoms with Crippen LogP contribution in [0.15, 0.2) is 17.4 Å². The van der Waals surface area contributed by atoms with Crippen molar-refractivity contribution in [3.05, 3.63) is 12.3 Å². The van der Waals surface area contributed by atoms with E-state index in [0.29, 0.717) is 6.04 Å². The van der Waals surface area contributed by atoms with E-state index >= 15 is 0 Å². The number of aromatic nitrogens is 2. The zero-order chi connectivity index (χ0) is 9.80. The molecule has 0 bridgehead atoms. The summed E-state index contributed by atoms with van der Waals surface area (Å²) in [5.74, 6) is 0.969. The second kappa shape index (κ2) is 4.64. The minimum absolute atomic E-state index is 0.625.